The minimum Gasteiger partial charge on any atom is -0.464 e. The van der Waals surface area contributed by atoms with Gasteiger partial charge in [-0.1, -0.05) is 60.7 Å². The van der Waals surface area contributed by atoms with E-state index < -0.39 is 24.0 Å². The molecule has 0 aromatic heterocycles. The molecule has 0 bridgehead atoms. The van der Waals surface area contributed by atoms with Crippen molar-refractivity contribution in [1.29, 1.82) is 0 Å². The summed E-state index contributed by atoms with van der Waals surface area (Å²) in [4.78, 5) is 40.3. The molecule has 1 heterocycles. The van der Waals surface area contributed by atoms with E-state index in [1.165, 1.54) is 0 Å². The topological polar surface area (TPSA) is 127 Å². The molecule has 0 saturated carbocycles. The van der Waals surface area contributed by atoms with Gasteiger partial charge in [0.05, 0.1) is 19.1 Å². The first kappa shape index (κ1) is 26.7. The summed E-state index contributed by atoms with van der Waals surface area (Å²) in [5.41, 5.74) is 1.87. The molecule has 192 valence electrons. The van der Waals surface area contributed by atoms with Gasteiger partial charge in [-0.15, -0.1) is 0 Å². The van der Waals surface area contributed by atoms with E-state index in [1.54, 1.807) is 6.92 Å². The summed E-state index contributed by atoms with van der Waals surface area (Å²) in [7, 11) is 0. The molecule has 3 rings (SSSR count). The molecule has 0 radical (unpaired) electrons. The summed E-state index contributed by atoms with van der Waals surface area (Å²) in [5, 5.41) is 8.23. The molecule has 1 aliphatic heterocycles. The van der Waals surface area contributed by atoms with E-state index in [0.717, 1.165) is 11.1 Å². The molecule has 3 N–H and O–H groups in total. The van der Waals surface area contributed by atoms with Gasteiger partial charge in [-0.3, -0.25) is 10.1 Å². The van der Waals surface area contributed by atoms with Gasteiger partial charge < -0.3 is 24.8 Å². The van der Waals surface area contributed by atoms with Gasteiger partial charge in [0.25, 0.3) is 0 Å². The van der Waals surface area contributed by atoms with E-state index in [9.17, 15) is 14.4 Å². The van der Waals surface area contributed by atoms with Gasteiger partial charge in [0.2, 0.25) is 11.9 Å². The van der Waals surface area contributed by atoms with Crippen LogP contribution in [0, 0.1) is 5.92 Å². The maximum atomic E-state index is 12.3. The Kier molecular flexibility index (Phi) is 10.7. The molecule has 0 spiro atoms. The maximum absolute atomic E-state index is 12.3. The van der Waals surface area contributed by atoms with Crippen LogP contribution in [0.5, 0.6) is 0 Å². The Morgan fingerprint density at radius 2 is 1.64 bits per heavy atom. The van der Waals surface area contributed by atoms with Crippen molar-refractivity contribution in [3.8, 4) is 0 Å². The molecule has 0 aliphatic carbocycles. The van der Waals surface area contributed by atoms with Gasteiger partial charge >= 0.3 is 12.1 Å². The number of rotatable bonds is 12. The summed E-state index contributed by atoms with van der Waals surface area (Å²) in [6.45, 7) is 2.91. The average Bonchev–Trinajstić information content (AvgIpc) is 2.89. The number of amides is 2. The van der Waals surface area contributed by atoms with E-state index in [-0.39, 0.29) is 31.8 Å². The van der Waals surface area contributed by atoms with Crippen molar-refractivity contribution >= 4 is 23.9 Å². The molecular formula is C26H32N4O6. The second kappa shape index (κ2) is 14.5. The zero-order valence-corrected chi connectivity index (χ0v) is 20.3. The van der Waals surface area contributed by atoms with Gasteiger partial charge in [-0.2, -0.15) is 0 Å². The monoisotopic (exact) mass is 496 g/mol. The molecule has 2 aromatic carbocycles. The molecular weight excluding hydrogens is 464 g/mol. The second-order valence-corrected chi connectivity index (χ2v) is 8.07. The largest absolute Gasteiger partial charge is 0.464 e. The first-order valence-corrected chi connectivity index (χ1v) is 11.9. The Labute approximate surface area is 210 Å². The van der Waals surface area contributed by atoms with Crippen LogP contribution in [0.25, 0.3) is 0 Å². The van der Waals surface area contributed by atoms with Gasteiger partial charge in [-0.05, 0) is 30.9 Å². The Morgan fingerprint density at radius 3 is 2.28 bits per heavy atom. The number of nitrogens with zero attached hydrogens (tertiary/aromatic N) is 1. The van der Waals surface area contributed by atoms with Crippen LogP contribution in [-0.2, 0) is 37.0 Å². The molecule has 36 heavy (non-hydrogen) atoms. The van der Waals surface area contributed by atoms with Crippen molar-refractivity contribution < 1.29 is 28.6 Å². The van der Waals surface area contributed by atoms with Gasteiger partial charge in [0, 0.05) is 6.54 Å². The number of carbonyl (C=O) groups is 3. The van der Waals surface area contributed by atoms with E-state index >= 15 is 0 Å². The third kappa shape index (κ3) is 8.70. The number of benzene rings is 2. The number of esters is 1. The Hall–Kier alpha value is -3.92. The van der Waals surface area contributed by atoms with Crippen LogP contribution >= 0.6 is 0 Å². The van der Waals surface area contributed by atoms with Crippen LogP contribution < -0.4 is 16.0 Å². The number of nitrogens with one attached hydrogen (secondary N) is 3. The fourth-order valence-electron chi connectivity index (χ4n) is 3.54. The SMILES string of the molecule is CCOC(=O)C1NC(=O)C1CCCN/C(=N\COCc1ccccc1)NC(=O)OCc1ccccc1. The molecule has 2 amide bonds. The van der Waals surface area contributed by atoms with Crippen LogP contribution in [0.3, 0.4) is 0 Å². The number of hydrogen-bond donors (Lipinski definition) is 3. The summed E-state index contributed by atoms with van der Waals surface area (Å²) in [6.07, 6.45) is 0.394. The quantitative estimate of drug-likeness (QED) is 0.135. The Morgan fingerprint density at radius 1 is 0.972 bits per heavy atom. The standard InChI is InChI=1S/C26H32N4O6/c1-2-35-24(32)22-21(23(31)29-22)14-9-15-27-25(28-18-34-16-19-10-5-3-6-11-19)30-26(33)36-17-20-12-7-4-8-13-20/h3-8,10-13,21-22H,2,9,14-18H2,1H3,(H,29,31)(H2,27,28,30,33). The summed E-state index contributed by atoms with van der Waals surface area (Å²) in [5.74, 6) is -0.819. The highest BCUT2D eigenvalue weighted by atomic mass is 16.5. The maximum Gasteiger partial charge on any atom is 0.414 e. The molecule has 1 saturated heterocycles. The number of hydrogen-bond acceptors (Lipinski definition) is 7. The molecule has 2 aromatic rings. The Bertz CT molecular complexity index is 1020. The van der Waals surface area contributed by atoms with Crippen molar-refractivity contribution in [1.82, 2.24) is 16.0 Å². The number of carbonyl (C=O) groups excluding carboxylic acids is 3. The number of aliphatic imine (C=N–C) groups is 1. The fourth-order valence-corrected chi connectivity index (χ4v) is 3.54. The van der Waals surface area contributed by atoms with Crippen molar-refractivity contribution in [3.63, 3.8) is 0 Å². The molecule has 10 nitrogen and oxygen atoms in total. The molecule has 2 atom stereocenters. The Balaban J connectivity index is 1.47. The normalized spacial score (nSPS) is 16.9. The summed E-state index contributed by atoms with van der Waals surface area (Å²) >= 11 is 0. The lowest BCUT2D eigenvalue weighted by atomic mass is 9.86. The third-order valence-corrected chi connectivity index (χ3v) is 5.42. The van der Waals surface area contributed by atoms with Crippen molar-refractivity contribution in [2.24, 2.45) is 10.9 Å². The highest BCUT2D eigenvalue weighted by Gasteiger charge is 2.44. The van der Waals surface area contributed by atoms with Gasteiger partial charge in [0.15, 0.2) is 0 Å². The lowest BCUT2D eigenvalue weighted by Crippen LogP contribution is -2.62. The predicted octanol–water partition coefficient (Wildman–Crippen LogP) is 2.49. The molecule has 1 fully saturated rings. The number of ether oxygens (including phenoxy) is 3. The van der Waals surface area contributed by atoms with Crippen LogP contribution in [0.15, 0.2) is 65.7 Å². The summed E-state index contributed by atoms with van der Waals surface area (Å²) < 4.78 is 15.8. The van der Waals surface area contributed by atoms with Crippen LogP contribution in [-0.4, -0.2) is 49.9 Å². The van der Waals surface area contributed by atoms with Crippen molar-refractivity contribution in [2.45, 2.75) is 39.0 Å². The summed E-state index contributed by atoms with van der Waals surface area (Å²) in [6, 6.07) is 18.4. The number of guanidine groups is 1. The average molecular weight is 497 g/mol. The van der Waals surface area contributed by atoms with Gasteiger partial charge in [0.1, 0.15) is 19.4 Å². The minimum absolute atomic E-state index is 0.0200. The zero-order valence-electron chi connectivity index (χ0n) is 20.3. The van der Waals surface area contributed by atoms with E-state index in [0.29, 0.717) is 26.0 Å². The molecule has 1 aliphatic rings. The number of β-lactam (4-membered cyclic amide) rings is 1. The fraction of sp³-hybridized carbons (Fsp3) is 0.385. The first-order valence-electron chi connectivity index (χ1n) is 11.9. The van der Waals surface area contributed by atoms with Crippen LogP contribution in [0.4, 0.5) is 4.79 Å². The third-order valence-electron chi connectivity index (χ3n) is 5.42. The smallest absolute Gasteiger partial charge is 0.414 e. The second-order valence-electron chi connectivity index (χ2n) is 8.07. The molecule has 10 heteroatoms. The molecule has 2 unspecified atom stereocenters. The number of alkyl carbamates (subject to hydrolysis) is 1. The van der Waals surface area contributed by atoms with E-state index in [1.807, 2.05) is 60.7 Å². The van der Waals surface area contributed by atoms with Gasteiger partial charge in [-0.25, -0.2) is 14.6 Å². The highest BCUT2D eigenvalue weighted by Crippen LogP contribution is 2.21. The van der Waals surface area contributed by atoms with Crippen LogP contribution in [0.1, 0.15) is 30.9 Å². The first-order chi connectivity index (χ1) is 17.6. The van der Waals surface area contributed by atoms with Crippen molar-refractivity contribution in [2.75, 3.05) is 19.9 Å². The van der Waals surface area contributed by atoms with E-state index in [2.05, 4.69) is 20.9 Å². The van der Waals surface area contributed by atoms with E-state index in [4.69, 9.17) is 14.2 Å². The zero-order chi connectivity index (χ0) is 25.6. The highest BCUT2D eigenvalue weighted by molar-refractivity contribution is 5.97. The van der Waals surface area contributed by atoms with Crippen molar-refractivity contribution in [3.05, 3.63) is 71.8 Å². The predicted molar refractivity (Wildman–Crippen MR) is 133 cm³/mol. The lowest BCUT2D eigenvalue weighted by Gasteiger charge is -2.34. The lowest BCUT2D eigenvalue weighted by molar-refractivity contribution is -0.157. The minimum atomic E-state index is -0.658. The van der Waals surface area contributed by atoms with Crippen LogP contribution in [0.2, 0.25) is 0 Å².